The first-order valence-corrected chi connectivity index (χ1v) is 10.2. The Kier molecular flexibility index (Phi) is 7.46. The Labute approximate surface area is 194 Å². The van der Waals surface area contributed by atoms with Crippen LogP contribution in [0.15, 0.2) is 66.7 Å². The predicted octanol–water partition coefficient (Wildman–Crippen LogP) is 5.38. The van der Waals surface area contributed by atoms with Gasteiger partial charge in [0.15, 0.2) is 5.11 Å². The number of anilines is 2. The lowest BCUT2D eigenvalue weighted by Gasteiger charge is -2.13. The van der Waals surface area contributed by atoms with Crippen LogP contribution in [0.2, 0.25) is 10.0 Å². The summed E-state index contributed by atoms with van der Waals surface area (Å²) in [6.45, 7) is 0. The number of amides is 2. The summed E-state index contributed by atoms with van der Waals surface area (Å²) < 4.78 is 5.19. The molecular formula is C22H17Cl2N3O3S. The third kappa shape index (κ3) is 5.95. The number of rotatable bonds is 5. The maximum Gasteiger partial charge on any atom is 0.261 e. The molecule has 31 heavy (non-hydrogen) atoms. The van der Waals surface area contributed by atoms with Gasteiger partial charge in [-0.1, -0.05) is 41.4 Å². The second-order valence-electron chi connectivity index (χ2n) is 6.27. The largest absolute Gasteiger partial charge is 0.496 e. The number of nitrogens with one attached hydrogen (secondary N) is 3. The monoisotopic (exact) mass is 473 g/mol. The summed E-state index contributed by atoms with van der Waals surface area (Å²) in [7, 11) is 1.49. The molecule has 6 nitrogen and oxygen atoms in total. The van der Waals surface area contributed by atoms with Crippen LogP contribution in [-0.4, -0.2) is 24.0 Å². The van der Waals surface area contributed by atoms with Crippen molar-refractivity contribution in [3.63, 3.8) is 0 Å². The molecule has 0 saturated heterocycles. The number of halogens is 2. The molecule has 3 N–H and O–H groups in total. The Morgan fingerprint density at radius 2 is 1.55 bits per heavy atom. The van der Waals surface area contributed by atoms with Gasteiger partial charge in [-0.2, -0.15) is 0 Å². The first-order chi connectivity index (χ1) is 14.9. The lowest BCUT2D eigenvalue weighted by atomic mass is 10.2. The summed E-state index contributed by atoms with van der Waals surface area (Å²) in [5.41, 5.74) is 1.74. The topological polar surface area (TPSA) is 79.5 Å². The van der Waals surface area contributed by atoms with Crippen LogP contribution in [0.3, 0.4) is 0 Å². The molecule has 3 aromatic carbocycles. The van der Waals surface area contributed by atoms with Crippen LogP contribution in [-0.2, 0) is 0 Å². The quantitative estimate of drug-likeness (QED) is 0.433. The van der Waals surface area contributed by atoms with E-state index in [1.807, 2.05) is 0 Å². The van der Waals surface area contributed by atoms with Crippen LogP contribution in [0.4, 0.5) is 11.4 Å². The minimum absolute atomic E-state index is 0.0973. The molecule has 0 unspecified atom stereocenters. The van der Waals surface area contributed by atoms with Gasteiger partial charge >= 0.3 is 0 Å². The minimum Gasteiger partial charge on any atom is -0.496 e. The summed E-state index contributed by atoms with van der Waals surface area (Å²) in [5.74, 6) is -0.351. The highest BCUT2D eigenvalue weighted by atomic mass is 35.5. The van der Waals surface area contributed by atoms with Gasteiger partial charge in [0, 0.05) is 16.4 Å². The highest BCUT2D eigenvalue weighted by Crippen LogP contribution is 2.23. The predicted molar refractivity (Wildman–Crippen MR) is 128 cm³/mol. The number of ether oxygens (including phenoxy) is 1. The van der Waals surface area contributed by atoms with E-state index in [0.29, 0.717) is 33.3 Å². The average Bonchev–Trinajstić information content (AvgIpc) is 2.73. The number of hydrogen-bond acceptors (Lipinski definition) is 4. The molecule has 0 bridgehead atoms. The first kappa shape index (κ1) is 22.6. The van der Waals surface area contributed by atoms with Crippen LogP contribution >= 0.6 is 35.4 Å². The van der Waals surface area contributed by atoms with Crippen molar-refractivity contribution in [1.29, 1.82) is 0 Å². The zero-order valence-electron chi connectivity index (χ0n) is 16.2. The SMILES string of the molecule is COc1ccccc1C(=O)NC(=S)Nc1cccc(NC(=O)c2ccc(Cl)cc2Cl)c1. The number of methoxy groups -OCH3 is 1. The average molecular weight is 474 g/mol. The van der Waals surface area contributed by atoms with E-state index in [0.717, 1.165) is 0 Å². The number of para-hydroxylation sites is 1. The standard InChI is InChI=1S/C22H17Cl2N3O3S/c1-30-19-8-3-2-7-17(19)21(29)27-22(31)26-15-6-4-5-14(12-15)25-20(28)16-10-9-13(23)11-18(16)24/h2-12H,1H3,(H,25,28)(H2,26,27,29,31). The summed E-state index contributed by atoms with van der Waals surface area (Å²) in [6, 6.07) is 18.3. The minimum atomic E-state index is -0.406. The highest BCUT2D eigenvalue weighted by Gasteiger charge is 2.14. The summed E-state index contributed by atoms with van der Waals surface area (Å²) in [5, 5.41) is 9.07. The van der Waals surface area contributed by atoms with Crippen molar-refractivity contribution < 1.29 is 14.3 Å². The first-order valence-electron chi connectivity index (χ1n) is 8.99. The Morgan fingerprint density at radius 1 is 0.839 bits per heavy atom. The fourth-order valence-electron chi connectivity index (χ4n) is 2.71. The van der Waals surface area contributed by atoms with Crippen molar-refractivity contribution >= 4 is 63.7 Å². The Bertz CT molecular complexity index is 1150. The number of benzene rings is 3. The summed E-state index contributed by atoms with van der Waals surface area (Å²) >= 11 is 17.2. The van der Waals surface area contributed by atoms with Gasteiger partial charge in [-0.15, -0.1) is 0 Å². The maximum atomic E-state index is 12.5. The molecule has 0 aromatic heterocycles. The molecular weight excluding hydrogens is 457 g/mol. The van der Waals surface area contributed by atoms with Crippen molar-refractivity contribution in [3.05, 3.63) is 87.9 Å². The molecule has 0 spiro atoms. The summed E-state index contributed by atoms with van der Waals surface area (Å²) in [4.78, 5) is 24.9. The molecule has 0 heterocycles. The molecule has 0 aliphatic heterocycles. The van der Waals surface area contributed by atoms with E-state index in [2.05, 4.69) is 16.0 Å². The van der Waals surface area contributed by atoms with E-state index in [1.54, 1.807) is 60.7 Å². The van der Waals surface area contributed by atoms with E-state index in [-0.39, 0.29) is 16.0 Å². The van der Waals surface area contributed by atoms with Crippen molar-refractivity contribution in [2.45, 2.75) is 0 Å². The van der Waals surface area contributed by atoms with Crippen LogP contribution in [0.5, 0.6) is 5.75 Å². The van der Waals surface area contributed by atoms with E-state index in [1.165, 1.54) is 13.2 Å². The molecule has 158 valence electrons. The van der Waals surface area contributed by atoms with Crippen LogP contribution in [0.1, 0.15) is 20.7 Å². The molecule has 0 aliphatic rings. The Balaban J connectivity index is 1.65. The van der Waals surface area contributed by atoms with E-state index >= 15 is 0 Å². The van der Waals surface area contributed by atoms with Gasteiger partial charge in [-0.25, -0.2) is 0 Å². The van der Waals surface area contributed by atoms with E-state index in [9.17, 15) is 9.59 Å². The van der Waals surface area contributed by atoms with Gasteiger partial charge < -0.3 is 15.4 Å². The van der Waals surface area contributed by atoms with Gasteiger partial charge in [0.2, 0.25) is 0 Å². The van der Waals surface area contributed by atoms with Gasteiger partial charge in [-0.3, -0.25) is 14.9 Å². The van der Waals surface area contributed by atoms with Gasteiger partial charge in [0.05, 0.1) is 23.3 Å². The number of carbonyl (C=O) groups is 2. The van der Waals surface area contributed by atoms with Crippen LogP contribution < -0.4 is 20.7 Å². The molecule has 0 radical (unpaired) electrons. The second kappa shape index (κ2) is 10.3. The fraction of sp³-hybridized carbons (Fsp3) is 0.0455. The zero-order chi connectivity index (χ0) is 22.4. The maximum absolute atomic E-state index is 12.5. The Morgan fingerprint density at radius 3 is 2.26 bits per heavy atom. The van der Waals surface area contributed by atoms with Gasteiger partial charge in [0.1, 0.15) is 5.75 Å². The Hall–Kier alpha value is -3.13. The molecule has 0 saturated carbocycles. The van der Waals surface area contributed by atoms with E-state index < -0.39 is 5.91 Å². The third-order valence-electron chi connectivity index (χ3n) is 4.13. The lowest BCUT2D eigenvalue weighted by Crippen LogP contribution is -2.34. The number of thiocarbonyl (C=S) groups is 1. The van der Waals surface area contributed by atoms with Gasteiger partial charge in [0.25, 0.3) is 11.8 Å². The second-order valence-corrected chi connectivity index (χ2v) is 7.52. The molecule has 0 aliphatic carbocycles. The van der Waals surface area contributed by atoms with Crippen LogP contribution in [0.25, 0.3) is 0 Å². The highest BCUT2D eigenvalue weighted by molar-refractivity contribution is 7.80. The molecule has 3 aromatic rings. The molecule has 3 rings (SSSR count). The zero-order valence-corrected chi connectivity index (χ0v) is 18.6. The van der Waals surface area contributed by atoms with Crippen molar-refractivity contribution in [2.24, 2.45) is 0 Å². The number of hydrogen-bond donors (Lipinski definition) is 3. The van der Waals surface area contributed by atoms with Crippen LogP contribution in [0, 0.1) is 0 Å². The van der Waals surface area contributed by atoms with Crippen molar-refractivity contribution in [1.82, 2.24) is 5.32 Å². The molecule has 2 amide bonds. The molecule has 9 heteroatoms. The molecule has 0 fully saturated rings. The number of carbonyl (C=O) groups excluding carboxylic acids is 2. The fourth-order valence-corrected chi connectivity index (χ4v) is 3.42. The normalized spacial score (nSPS) is 10.2. The smallest absolute Gasteiger partial charge is 0.261 e. The third-order valence-corrected chi connectivity index (χ3v) is 4.88. The summed E-state index contributed by atoms with van der Waals surface area (Å²) in [6.07, 6.45) is 0. The molecule has 0 atom stereocenters. The van der Waals surface area contributed by atoms with Crippen molar-refractivity contribution in [2.75, 3.05) is 17.7 Å². The van der Waals surface area contributed by atoms with Gasteiger partial charge in [-0.05, 0) is 60.7 Å². The van der Waals surface area contributed by atoms with Crippen molar-refractivity contribution in [3.8, 4) is 5.75 Å². The van der Waals surface area contributed by atoms with E-state index in [4.69, 9.17) is 40.2 Å². The lowest BCUT2D eigenvalue weighted by molar-refractivity contribution is 0.0973.